The topological polar surface area (TPSA) is 79.4 Å². The summed E-state index contributed by atoms with van der Waals surface area (Å²) in [7, 11) is -3.67. The van der Waals surface area contributed by atoms with Crippen LogP contribution < -0.4 is 9.62 Å². The van der Waals surface area contributed by atoms with E-state index in [1.165, 1.54) is 24.3 Å². The molecular weight excluding hydrogens is 374 g/mol. The van der Waals surface area contributed by atoms with E-state index in [-0.39, 0.29) is 17.3 Å². The first-order chi connectivity index (χ1) is 13.5. The first-order valence-electron chi connectivity index (χ1n) is 8.87. The van der Waals surface area contributed by atoms with Crippen molar-refractivity contribution in [1.82, 2.24) is 9.71 Å². The van der Waals surface area contributed by atoms with Crippen LogP contribution in [0, 0.1) is 0 Å². The first kappa shape index (κ1) is 19.7. The van der Waals surface area contributed by atoms with Gasteiger partial charge in [0.05, 0.1) is 4.90 Å². The number of pyridine rings is 1. The number of hydrogen-bond donors (Lipinski definition) is 1. The number of sulfonamides is 1. The maximum Gasteiger partial charge on any atom is 0.258 e. The van der Waals surface area contributed by atoms with E-state index in [1.54, 1.807) is 29.4 Å². The second kappa shape index (κ2) is 8.77. The van der Waals surface area contributed by atoms with Gasteiger partial charge in [0.25, 0.3) is 5.91 Å². The minimum absolute atomic E-state index is 0.112. The number of carbonyl (C=O) groups excluding carboxylic acids is 1. The number of benzene rings is 2. The highest BCUT2D eigenvalue weighted by Crippen LogP contribution is 2.18. The summed E-state index contributed by atoms with van der Waals surface area (Å²) in [6.45, 7) is 2.58. The van der Waals surface area contributed by atoms with Crippen molar-refractivity contribution in [2.24, 2.45) is 0 Å². The highest BCUT2D eigenvalue weighted by atomic mass is 32.2. The smallest absolute Gasteiger partial charge is 0.258 e. The van der Waals surface area contributed by atoms with Crippen LogP contribution in [0.5, 0.6) is 0 Å². The molecule has 6 nitrogen and oxygen atoms in total. The van der Waals surface area contributed by atoms with Crippen molar-refractivity contribution in [1.29, 1.82) is 0 Å². The van der Waals surface area contributed by atoms with Gasteiger partial charge in [-0.25, -0.2) is 13.1 Å². The van der Waals surface area contributed by atoms with Crippen LogP contribution in [-0.4, -0.2) is 25.9 Å². The van der Waals surface area contributed by atoms with E-state index in [1.807, 2.05) is 37.3 Å². The molecule has 0 bridgehead atoms. The molecule has 0 aliphatic carbocycles. The van der Waals surface area contributed by atoms with E-state index in [0.29, 0.717) is 12.1 Å². The zero-order valence-electron chi connectivity index (χ0n) is 15.4. The number of carbonyl (C=O) groups is 1. The lowest BCUT2D eigenvalue weighted by Gasteiger charge is -2.21. The summed E-state index contributed by atoms with van der Waals surface area (Å²) in [5.74, 6) is -0.178. The Labute approximate surface area is 164 Å². The molecule has 0 unspecified atom stereocenters. The number of rotatable bonds is 7. The van der Waals surface area contributed by atoms with Crippen molar-refractivity contribution < 1.29 is 13.2 Å². The standard InChI is InChI=1S/C21H21N3O3S/c1-2-24(19-6-4-3-5-7-19)21(25)18-8-10-20(11-9-18)28(26,27)23-16-17-12-14-22-15-13-17/h3-15,23H,2,16H2,1H3. The lowest BCUT2D eigenvalue weighted by Crippen LogP contribution is -2.30. The van der Waals surface area contributed by atoms with E-state index in [2.05, 4.69) is 9.71 Å². The minimum atomic E-state index is -3.67. The Morgan fingerprint density at radius 2 is 1.61 bits per heavy atom. The van der Waals surface area contributed by atoms with Gasteiger partial charge in [0.2, 0.25) is 10.0 Å². The number of nitrogens with one attached hydrogen (secondary N) is 1. The van der Waals surface area contributed by atoms with Crippen molar-refractivity contribution in [3.63, 3.8) is 0 Å². The van der Waals surface area contributed by atoms with E-state index in [4.69, 9.17) is 0 Å². The Balaban J connectivity index is 1.74. The van der Waals surface area contributed by atoms with Crippen LogP contribution in [0.4, 0.5) is 5.69 Å². The molecule has 2 aromatic carbocycles. The van der Waals surface area contributed by atoms with Crippen molar-refractivity contribution in [2.75, 3.05) is 11.4 Å². The highest BCUT2D eigenvalue weighted by Gasteiger charge is 2.18. The average molecular weight is 395 g/mol. The van der Waals surface area contributed by atoms with Crippen LogP contribution in [0.1, 0.15) is 22.8 Å². The summed E-state index contributed by atoms with van der Waals surface area (Å²) in [5, 5.41) is 0. The third kappa shape index (κ3) is 4.62. The van der Waals surface area contributed by atoms with Crippen LogP contribution in [0.2, 0.25) is 0 Å². The van der Waals surface area contributed by atoms with Gasteiger partial charge >= 0.3 is 0 Å². The monoisotopic (exact) mass is 395 g/mol. The molecule has 144 valence electrons. The Morgan fingerprint density at radius 3 is 2.21 bits per heavy atom. The largest absolute Gasteiger partial charge is 0.309 e. The summed E-state index contributed by atoms with van der Waals surface area (Å²) >= 11 is 0. The van der Waals surface area contributed by atoms with E-state index < -0.39 is 10.0 Å². The molecule has 7 heteroatoms. The molecule has 0 aliphatic heterocycles. The predicted octanol–water partition coefficient (Wildman–Crippen LogP) is 3.23. The van der Waals surface area contributed by atoms with Gasteiger partial charge in [-0.3, -0.25) is 9.78 Å². The van der Waals surface area contributed by atoms with Gasteiger partial charge in [0.1, 0.15) is 0 Å². The molecule has 1 amide bonds. The first-order valence-corrected chi connectivity index (χ1v) is 10.3. The third-order valence-corrected chi connectivity index (χ3v) is 5.67. The van der Waals surface area contributed by atoms with E-state index in [0.717, 1.165) is 11.3 Å². The van der Waals surface area contributed by atoms with Crippen molar-refractivity contribution in [3.05, 3.63) is 90.3 Å². The Kier molecular flexibility index (Phi) is 6.18. The fraction of sp³-hybridized carbons (Fsp3) is 0.143. The molecule has 3 rings (SSSR count). The number of anilines is 1. The minimum Gasteiger partial charge on any atom is -0.309 e. The van der Waals surface area contributed by atoms with Crippen LogP contribution in [0.25, 0.3) is 0 Å². The highest BCUT2D eigenvalue weighted by molar-refractivity contribution is 7.89. The molecule has 0 radical (unpaired) electrons. The molecule has 0 saturated heterocycles. The summed E-state index contributed by atoms with van der Waals surface area (Å²) in [6.07, 6.45) is 3.21. The maximum absolute atomic E-state index is 12.8. The van der Waals surface area contributed by atoms with Crippen molar-refractivity contribution >= 4 is 21.6 Å². The Bertz CT molecular complexity index is 1020. The van der Waals surface area contributed by atoms with Crippen LogP contribution >= 0.6 is 0 Å². The molecule has 0 atom stereocenters. The van der Waals surface area contributed by atoms with Gasteiger partial charge in [-0.2, -0.15) is 0 Å². The number of para-hydroxylation sites is 1. The Hall–Kier alpha value is -3.03. The van der Waals surface area contributed by atoms with E-state index >= 15 is 0 Å². The molecule has 1 N–H and O–H groups in total. The van der Waals surface area contributed by atoms with Gasteiger partial charge in [0.15, 0.2) is 0 Å². The number of amides is 1. The second-order valence-electron chi connectivity index (χ2n) is 6.09. The number of aromatic nitrogens is 1. The van der Waals surface area contributed by atoms with Gasteiger partial charge in [0, 0.05) is 36.7 Å². The molecule has 1 aromatic heterocycles. The number of hydrogen-bond acceptors (Lipinski definition) is 4. The molecule has 1 heterocycles. The number of nitrogens with zero attached hydrogens (tertiary/aromatic N) is 2. The fourth-order valence-corrected chi connectivity index (χ4v) is 3.76. The fourth-order valence-electron chi connectivity index (χ4n) is 2.75. The van der Waals surface area contributed by atoms with Gasteiger partial charge in [-0.1, -0.05) is 18.2 Å². The quantitative estimate of drug-likeness (QED) is 0.666. The third-order valence-electron chi connectivity index (χ3n) is 4.26. The summed E-state index contributed by atoms with van der Waals surface area (Å²) in [5.41, 5.74) is 2.04. The average Bonchev–Trinajstić information content (AvgIpc) is 2.74. The predicted molar refractivity (Wildman–Crippen MR) is 108 cm³/mol. The zero-order chi connectivity index (χ0) is 20.0. The molecule has 0 aliphatic rings. The van der Waals surface area contributed by atoms with Crippen LogP contribution in [0.15, 0.2) is 84.0 Å². The molecular formula is C21H21N3O3S. The lowest BCUT2D eigenvalue weighted by molar-refractivity contribution is 0.0988. The lowest BCUT2D eigenvalue weighted by atomic mass is 10.2. The van der Waals surface area contributed by atoms with E-state index in [9.17, 15) is 13.2 Å². The molecule has 0 spiro atoms. The maximum atomic E-state index is 12.8. The Morgan fingerprint density at radius 1 is 0.964 bits per heavy atom. The summed E-state index contributed by atoms with van der Waals surface area (Å²) in [4.78, 5) is 18.5. The van der Waals surface area contributed by atoms with Crippen LogP contribution in [-0.2, 0) is 16.6 Å². The molecule has 0 fully saturated rings. The van der Waals surface area contributed by atoms with Crippen LogP contribution in [0.3, 0.4) is 0 Å². The second-order valence-corrected chi connectivity index (χ2v) is 7.86. The normalized spacial score (nSPS) is 11.2. The van der Waals surface area contributed by atoms with Crippen molar-refractivity contribution in [3.8, 4) is 0 Å². The van der Waals surface area contributed by atoms with Gasteiger partial charge in [-0.05, 0) is 61.0 Å². The summed E-state index contributed by atoms with van der Waals surface area (Å²) in [6, 6.07) is 18.8. The van der Waals surface area contributed by atoms with Crippen molar-refractivity contribution in [2.45, 2.75) is 18.4 Å². The van der Waals surface area contributed by atoms with Gasteiger partial charge < -0.3 is 4.90 Å². The molecule has 3 aromatic rings. The SMILES string of the molecule is CCN(C(=O)c1ccc(S(=O)(=O)NCc2ccncc2)cc1)c1ccccc1. The molecule has 28 heavy (non-hydrogen) atoms. The zero-order valence-corrected chi connectivity index (χ0v) is 16.3. The van der Waals surface area contributed by atoms with Gasteiger partial charge in [-0.15, -0.1) is 0 Å². The molecule has 0 saturated carbocycles. The summed E-state index contributed by atoms with van der Waals surface area (Å²) < 4.78 is 27.5.